The van der Waals surface area contributed by atoms with Crippen LogP contribution in [0.2, 0.25) is 0 Å². The Morgan fingerprint density at radius 2 is 2.50 bits per heavy atom. The molecule has 4 nitrogen and oxygen atoms in total. The maximum absolute atomic E-state index is 4.06. The normalized spacial score (nSPS) is 10.5. The van der Waals surface area contributed by atoms with Crippen molar-refractivity contribution in [3.05, 3.63) is 24.2 Å². The third-order valence-electron chi connectivity index (χ3n) is 1.34. The average Bonchev–Trinajstić information content (AvgIpc) is 2.33. The summed E-state index contributed by atoms with van der Waals surface area (Å²) in [5.41, 5.74) is 1.96. The van der Waals surface area contributed by atoms with Crippen LogP contribution in [-0.4, -0.2) is 15.3 Å². The van der Waals surface area contributed by atoms with Crippen molar-refractivity contribution in [3.8, 4) is 0 Å². The highest BCUT2D eigenvalue weighted by Crippen LogP contribution is 1.92. The monoisotopic (exact) mass is 135 g/mol. The van der Waals surface area contributed by atoms with Crippen molar-refractivity contribution in [3.63, 3.8) is 0 Å². The molecule has 0 bridgehead atoms. The first-order chi connectivity index (χ1) is 4.86. The first-order valence-corrected chi connectivity index (χ1v) is 3.04. The van der Waals surface area contributed by atoms with Gasteiger partial charge in [-0.1, -0.05) is 0 Å². The summed E-state index contributed by atoms with van der Waals surface area (Å²) < 4.78 is 1.69. The Balaban J connectivity index is 2.86. The Kier molecular flexibility index (Phi) is 0.943. The fourth-order valence-electron chi connectivity index (χ4n) is 0.852. The molecule has 2 heterocycles. The van der Waals surface area contributed by atoms with Crippen LogP contribution in [0.15, 0.2) is 18.6 Å². The van der Waals surface area contributed by atoms with Crippen LogP contribution in [0.3, 0.4) is 0 Å². The zero-order valence-electron chi connectivity index (χ0n) is 5.57. The third-order valence-corrected chi connectivity index (χ3v) is 1.34. The molecule has 10 heavy (non-hydrogen) atoms. The molecule has 0 saturated carbocycles. The summed E-state index contributed by atoms with van der Waals surface area (Å²) in [5.74, 6) is 0. The van der Waals surface area contributed by atoms with Gasteiger partial charge in [-0.3, -0.25) is 0 Å². The lowest BCUT2D eigenvalue weighted by molar-refractivity contribution is -0.581. The molecular weight excluding hydrogens is 128 g/mol. The van der Waals surface area contributed by atoms with Gasteiger partial charge in [-0.15, -0.1) is 14.7 Å². The van der Waals surface area contributed by atoms with E-state index in [9.17, 15) is 0 Å². The van der Waals surface area contributed by atoms with Crippen molar-refractivity contribution < 1.29 is 4.52 Å². The molecule has 0 aromatic carbocycles. The molecule has 2 aromatic rings. The molecule has 1 N–H and O–H groups in total. The predicted octanol–water partition coefficient (Wildman–Crippen LogP) is -0.148. The van der Waals surface area contributed by atoms with E-state index < -0.39 is 0 Å². The largest absolute Gasteiger partial charge is 0.325 e. The maximum Gasteiger partial charge on any atom is 0.325 e. The number of nitrogens with zero attached hydrogens (tertiary/aromatic N) is 3. The van der Waals surface area contributed by atoms with Crippen LogP contribution in [0.4, 0.5) is 0 Å². The average molecular weight is 135 g/mol. The minimum absolute atomic E-state index is 0.847. The van der Waals surface area contributed by atoms with Gasteiger partial charge in [0.25, 0.3) is 0 Å². The fraction of sp³-hybridized carbons (Fsp3) is 0.167. The van der Waals surface area contributed by atoms with E-state index in [1.807, 2.05) is 13.0 Å². The number of aryl methyl sites for hydroxylation is 1. The van der Waals surface area contributed by atoms with Crippen molar-refractivity contribution >= 4 is 5.65 Å². The van der Waals surface area contributed by atoms with E-state index in [1.165, 1.54) is 0 Å². The quantitative estimate of drug-likeness (QED) is 0.511. The molecular formula is C6H7N4+. The zero-order chi connectivity index (χ0) is 6.97. The SMILES string of the molecule is Cc1cn[n+]2c[nH]nc2c1. The van der Waals surface area contributed by atoms with Gasteiger partial charge < -0.3 is 0 Å². The van der Waals surface area contributed by atoms with Crippen molar-refractivity contribution in [1.82, 2.24) is 15.3 Å². The smallest absolute Gasteiger partial charge is 0.125 e. The standard InChI is InChI=1S/C6H6N4/c1-5-2-6-9-7-4-10(6)8-3-5/h2-4H,1H3/p+1. The highest BCUT2D eigenvalue weighted by atomic mass is 15.3. The number of aromatic amines is 1. The zero-order valence-corrected chi connectivity index (χ0v) is 5.57. The molecule has 0 fully saturated rings. The Hall–Kier alpha value is -1.45. The third kappa shape index (κ3) is 0.655. The van der Waals surface area contributed by atoms with E-state index in [1.54, 1.807) is 17.0 Å². The molecule has 0 amide bonds. The maximum atomic E-state index is 4.06. The van der Waals surface area contributed by atoms with Gasteiger partial charge in [-0.2, -0.15) is 0 Å². The lowest BCUT2D eigenvalue weighted by atomic mass is 10.3. The number of hydrogen-bond donors (Lipinski definition) is 1. The van der Waals surface area contributed by atoms with E-state index in [4.69, 9.17) is 0 Å². The minimum atomic E-state index is 0.847. The number of rotatable bonds is 0. The first-order valence-electron chi connectivity index (χ1n) is 3.04. The molecule has 4 heteroatoms. The summed E-state index contributed by atoms with van der Waals surface area (Å²) >= 11 is 0. The van der Waals surface area contributed by atoms with Crippen LogP contribution in [0.25, 0.3) is 5.65 Å². The summed E-state index contributed by atoms with van der Waals surface area (Å²) in [5, 5.41) is 10.7. The Labute approximate surface area is 57.5 Å². The molecule has 0 radical (unpaired) electrons. The molecule has 2 aromatic heterocycles. The predicted molar refractivity (Wildman–Crippen MR) is 34.3 cm³/mol. The number of aromatic nitrogens is 4. The van der Waals surface area contributed by atoms with E-state index in [0.29, 0.717) is 0 Å². The summed E-state index contributed by atoms with van der Waals surface area (Å²) in [4.78, 5) is 0. The van der Waals surface area contributed by atoms with Crippen molar-refractivity contribution in [1.29, 1.82) is 0 Å². The highest BCUT2D eigenvalue weighted by molar-refractivity contribution is 5.28. The Morgan fingerprint density at radius 1 is 1.60 bits per heavy atom. The Morgan fingerprint density at radius 3 is 3.40 bits per heavy atom. The summed E-state index contributed by atoms with van der Waals surface area (Å²) in [6.07, 6.45) is 3.50. The van der Waals surface area contributed by atoms with E-state index in [0.717, 1.165) is 11.2 Å². The first kappa shape index (κ1) is 5.34. The summed E-state index contributed by atoms with van der Waals surface area (Å²) in [7, 11) is 0. The molecule has 0 unspecified atom stereocenters. The Bertz CT molecular complexity index is 351. The number of hydrogen-bond acceptors (Lipinski definition) is 2. The van der Waals surface area contributed by atoms with Gasteiger partial charge in [0.05, 0.1) is 6.20 Å². The van der Waals surface area contributed by atoms with Crippen LogP contribution in [0.1, 0.15) is 5.56 Å². The number of H-pyrrole nitrogens is 1. The van der Waals surface area contributed by atoms with Gasteiger partial charge in [0.1, 0.15) is 0 Å². The molecule has 50 valence electrons. The van der Waals surface area contributed by atoms with Gasteiger partial charge in [0, 0.05) is 11.2 Å². The van der Waals surface area contributed by atoms with Gasteiger partial charge in [0.15, 0.2) is 0 Å². The topological polar surface area (TPSA) is 45.7 Å². The highest BCUT2D eigenvalue weighted by Gasteiger charge is 2.01. The molecule has 0 aliphatic heterocycles. The van der Waals surface area contributed by atoms with Gasteiger partial charge in [-0.25, -0.2) is 0 Å². The second-order valence-corrected chi connectivity index (χ2v) is 2.21. The van der Waals surface area contributed by atoms with Gasteiger partial charge >= 0.3 is 5.65 Å². The van der Waals surface area contributed by atoms with Gasteiger partial charge in [0.2, 0.25) is 6.33 Å². The second-order valence-electron chi connectivity index (χ2n) is 2.21. The van der Waals surface area contributed by atoms with Crippen LogP contribution in [-0.2, 0) is 0 Å². The fourth-order valence-corrected chi connectivity index (χ4v) is 0.852. The van der Waals surface area contributed by atoms with Crippen LogP contribution < -0.4 is 4.52 Å². The van der Waals surface area contributed by atoms with E-state index in [2.05, 4.69) is 15.3 Å². The molecule has 0 aliphatic carbocycles. The molecule has 0 aliphatic rings. The lowest BCUT2D eigenvalue weighted by Gasteiger charge is -1.83. The van der Waals surface area contributed by atoms with Crippen LogP contribution in [0, 0.1) is 6.92 Å². The molecule has 0 saturated heterocycles. The summed E-state index contributed by atoms with van der Waals surface area (Å²) in [6.45, 7) is 1.99. The second kappa shape index (κ2) is 1.76. The lowest BCUT2D eigenvalue weighted by Crippen LogP contribution is -2.23. The van der Waals surface area contributed by atoms with Gasteiger partial charge in [-0.05, 0) is 12.5 Å². The molecule has 0 atom stereocenters. The summed E-state index contributed by atoms with van der Waals surface area (Å²) in [6, 6.07) is 1.96. The van der Waals surface area contributed by atoms with Crippen molar-refractivity contribution in [2.24, 2.45) is 0 Å². The molecule has 2 rings (SSSR count). The van der Waals surface area contributed by atoms with Crippen molar-refractivity contribution in [2.75, 3.05) is 0 Å². The van der Waals surface area contributed by atoms with Crippen LogP contribution in [0.5, 0.6) is 0 Å². The number of fused-ring (bicyclic) bond motifs is 1. The van der Waals surface area contributed by atoms with Crippen LogP contribution >= 0.6 is 0 Å². The van der Waals surface area contributed by atoms with E-state index in [-0.39, 0.29) is 0 Å². The van der Waals surface area contributed by atoms with Crippen molar-refractivity contribution in [2.45, 2.75) is 6.92 Å². The van der Waals surface area contributed by atoms with E-state index >= 15 is 0 Å². The molecule has 0 spiro atoms. The number of nitrogens with one attached hydrogen (secondary N) is 1. The minimum Gasteiger partial charge on any atom is -0.125 e.